The number of carbonyl (C=O) groups excluding carboxylic acids is 2. The van der Waals surface area contributed by atoms with Crippen molar-refractivity contribution in [1.82, 2.24) is 9.80 Å². The van der Waals surface area contributed by atoms with E-state index in [1.807, 2.05) is 11.9 Å². The van der Waals surface area contributed by atoms with Gasteiger partial charge in [-0.1, -0.05) is 12.1 Å². The van der Waals surface area contributed by atoms with Gasteiger partial charge in [-0.15, -0.1) is 0 Å². The molecule has 2 amide bonds. The summed E-state index contributed by atoms with van der Waals surface area (Å²) in [6.45, 7) is 2.00. The summed E-state index contributed by atoms with van der Waals surface area (Å²) >= 11 is 0. The van der Waals surface area contributed by atoms with Gasteiger partial charge in [-0.25, -0.2) is 0 Å². The SMILES string of the molecule is CN1CCN(C(=O)C(=O)Nc2ccccc2C(F)(F)F)CC1. The van der Waals surface area contributed by atoms with Crippen LogP contribution in [0, 0.1) is 0 Å². The lowest BCUT2D eigenvalue weighted by molar-refractivity contribution is -0.144. The summed E-state index contributed by atoms with van der Waals surface area (Å²) < 4.78 is 38.5. The van der Waals surface area contributed by atoms with E-state index in [1.54, 1.807) is 0 Å². The summed E-state index contributed by atoms with van der Waals surface area (Å²) in [5.41, 5.74) is -1.39. The maximum absolute atomic E-state index is 12.8. The molecule has 5 nitrogen and oxygen atoms in total. The van der Waals surface area contributed by atoms with Crippen molar-refractivity contribution >= 4 is 17.5 Å². The molecule has 0 saturated carbocycles. The average molecular weight is 315 g/mol. The van der Waals surface area contributed by atoms with E-state index < -0.39 is 29.2 Å². The first kappa shape index (κ1) is 16.3. The van der Waals surface area contributed by atoms with Crippen molar-refractivity contribution < 1.29 is 22.8 Å². The Morgan fingerprint density at radius 2 is 1.68 bits per heavy atom. The van der Waals surface area contributed by atoms with E-state index in [2.05, 4.69) is 5.32 Å². The van der Waals surface area contributed by atoms with Crippen molar-refractivity contribution in [3.05, 3.63) is 29.8 Å². The Bertz CT molecular complexity index is 567. The minimum Gasteiger partial charge on any atom is -0.332 e. The molecule has 1 aliphatic heterocycles. The van der Waals surface area contributed by atoms with Crippen LogP contribution >= 0.6 is 0 Å². The van der Waals surface area contributed by atoms with Gasteiger partial charge in [-0.3, -0.25) is 9.59 Å². The Balaban J connectivity index is 2.08. The van der Waals surface area contributed by atoms with Crippen LogP contribution < -0.4 is 5.32 Å². The minimum atomic E-state index is -4.60. The highest BCUT2D eigenvalue weighted by atomic mass is 19.4. The van der Waals surface area contributed by atoms with Crippen LogP contribution in [0.3, 0.4) is 0 Å². The third kappa shape index (κ3) is 3.76. The summed E-state index contributed by atoms with van der Waals surface area (Å²) in [4.78, 5) is 27.2. The smallest absolute Gasteiger partial charge is 0.332 e. The van der Waals surface area contributed by atoms with Crippen LogP contribution in [0.1, 0.15) is 5.56 Å². The number of halogens is 3. The summed E-state index contributed by atoms with van der Waals surface area (Å²) in [5, 5.41) is 2.06. The van der Waals surface area contributed by atoms with Gasteiger partial charge >= 0.3 is 18.0 Å². The number of piperazine rings is 1. The predicted molar refractivity (Wildman–Crippen MR) is 74.2 cm³/mol. The van der Waals surface area contributed by atoms with Crippen molar-refractivity contribution in [2.24, 2.45) is 0 Å². The molecule has 0 radical (unpaired) electrons. The van der Waals surface area contributed by atoms with Crippen LogP contribution in [0.5, 0.6) is 0 Å². The van der Waals surface area contributed by atoms with Crippen LogP contribution in [0.25, 0.3) is 0 Å². The number of carbonyl (C=O) groups is 2. The highest BCUT2D eigenvalue weighted by Crippen LogP contribution is 2.34. The molecule has 0 bridgehead atoms. The highest BCUT2D eigenvalue weighted by molar-refractivity contribution is 6.39. The summed E-state index contributed by atoms with van der Waals surface area (Å²) in [5.74, 6) is -1.87. The molecule has 1 heterocycles. The maximum atomic E-state index is 12.8. The van der Waals surface area contributed by atoms with Gasteiger partial charge in [0.25, 0.3) is 0 Å². The first-order chi connectivity index (χ1) is 10.3. The van der Waals surface area contributed by atoms with E-state index in [4.69, 9.17) is 0 Å². The van der Waals surface area contributed by atoms with Crippen LogP contribution in [-0.4, -0.2) is 54.8 Å². The molecule has 1 aliphatic rings. The topological polar surface area (TPSA) is 52.7 Å². The normalized spacial score (nSPS) is 16.5. The molecule has 8 heteroatoms. The number of hydrogen-bond acceptors (Lipinski definition) is 3. The summed E-state index contributed by atoms with van der Waals surface area (Å²) in [6.07, 6.45) is -4.60. The van der Waals surface area contributed by atoms with Gasteiger partial charge in [0.15, 0.2) is 0 Å². The van der Waals surface area contributed by atoms with Crippen LogP contribution in [-0.2, 0) is 15.8 Å². The molecule has 2 rings (SSSR count). The molecular weight excluding hydrogens is 299 g/mol. The molecule has 22 heavy (non-hydrogen) atoms. The predicted octanol–water partition coefficient (Wildman–Crippen LogP) is 1.42. The molecule has 0 aliphatic carbocycles. The monoisotopic (exact) mass is 315 g/mol. The molecular formula is C14H16F3N3O2. The van der Waals surface area contributed by atoms with Crippen molar-refractivity contribution in [2.45, 2.75) is 6.18 Å². The average Bonchev–Trinajstić information content (AvgIpc) is 2.46. The van der Waals surface area contributed by atoms with Gasteiger partial charge in [0.05, 0.1) is 11.3 Å². The zero-order valence-corrected chi connectivity index (χ0v) is 12.0. The molecule has 0 aromatic heterocycles. The van der Waals surface area contributed by atoms with Gasteiger partial charge < -0.3 is 15.1 Å². The Kier molecular flexibility index (Phi) is 4.70. The molecule has 1 saturated heterocycles. The van der Waals surface area contributed by atoms with E-state index in [0.29, 0.717) is 26.2 Å². The zero-order chi connectivity index (χ0) is 16.3. The number of alkyl halides is 3. The lowest BCUT2D eigenvalue weighted by atomic mass is 10.1. The zero-order valence-electron chi connectivity index (χ0n) is 12.0. The molecule has 1 fully saturated rings. The fourth-order valence-electron chi connectivity index (χ4n) is 2.17. The van der Waals surface area contributed by atoms with Gasteiger partial charge in [-0.2, -0.15) is 13.2 Å². The number of para-hydroxylation sites is 1. The fraction of sp³-hybridized carbons (Fsp3) is 0.429. The fourth-order valence-corrected chi connectivity index (χ4v) is 2.17. The number of nitrogens with one attached hydrogen (secondary N) is 1. The van der Waals surface area contributed by atoms with Crippen LogP contribution in [0.4, 0.5) is 18.9 Å². The maximum Gasteiger partial charge on any atom is 0.418 e. The number of nitrogens with zero attached hydrogens (tertiary/aromatic N) is 2. The third-order valence-corrected chi connectivity index (χ3v) is 3.47. The Hall–Kier alpha value is -2.09. The van der Waals surface area contributed by atoms with Crippen molar-refractivity contribution in [3.8, 4) is 0 Å². The third-order valence-electron chi connectivity index (χ3n) is 3.47. The van der Waals surface area contributed by atoms with E-state index in [9.17, 15) is 22.8 Å². The second kappa shape index (κ2) is 6.35. The number of benzene rings is 1. The van der Waals surface area contributed by atoms with Crippen LogP contribution in [0.15, 0.2) is 24.3 Å². The standard InChI is InChI=1S/C14H16F3N3O2/c1-19-6-8-20(9-7-19)13(22)12(21)18-11-5-3-2-4-10(11)14(15,16)17/h2-5H,6-9H2,1H3,(H,18,21). The van der Waals surface area contributed by atoms with Gasteiger partial charge in [0.2, 0.25) is 0 Å². The molecule has 0 atom stereocenters. The quantitative estimate of drug-likeness (QED) is 0.798. The number of rotatable bonds is 1. The molecule has 0 spiro atoms. The Morgan fingerprint density at radius 3 is 2.27 bits per heavy atom. The molecule has 0 unspecified atom stereocenters. The number of amides is 2. The van der Waals surface area contributed by atoms with E-state index >= 15 is 0 Å². The van der Waals surface area contributed by atoms with Crippen LogP contribution in [0.2, 0.25) is 0 Å². The summed E-state index contributed by atoms with van der Waals surface area (Å²) in [6, 6.07) is 4.57. The second-order valence-corrected chi connectivity index (χ2v) is 5.09. The first-order valence-electron chi connectivity index (χ1n) is 6.74. The molecule has 1 aromatic carbocycles. The van der Waals surface area contributed by atoms with Gasteiger partial charge in [-0.05, 0) is 19.2 Å². The number of hydrogen-bond donors (Lipinski definition) is 1. The van der Waals surface area contributed by atoms with Crippen molar-refractivity contribution in [2.75, 3.05) is 38.5 Å². The number of anilines is 1. The lowest BCUT2D eigenvalue weighted by Crippen LogP contribution is -2.50. The highest BCUT2D eigenvalue weighted by Gasteiger charge is 2.34. The first-order valence-corrected chi connectivity index (χ1v) is 6.74. The van der Waals surface area contributed by atoms with Gasteiger partial charge in [0.1, 0.15) is 0 Å². The van der Waals surface area contributed by atoms with Crippen molar-refractivity contribution in [1.29, 1.82) is 0 Å². The minimum absolute atomic E-state index is 0.379. The second-order valence-electron chi connectivity index (χ2n) is 5.09. The number of likely N-dealkylation sites (N-methyl/N-ethyl adjacent to an activating group) is 1. The van der Waals surface area contributed by atoms with Crippen molar-refractivity contribution in [3.63, 3.8) is 0 Å². The van der Waals surface area contributed by atoms with Gasteiger partial charge in [0, 0.05) is 26.2 Å². The largest absolute Gasteiger partial charge is 0.418 e. The van der Waals surface area contributed by atoms with E-state index in [-0.39, 0.29) is 0 Å². The lowest BCUT2D eigenvalue weighted by Gasteiger charge is -2.31. The van der Waals surface area contributed by atoms with E-state index in [1.165, 1.54) is 17.0 Å². The molecule has 120 valence electrons. The molecule has 1 N–H and O–H groups in total. The Labute approximate surface area is 125 Å². The van der Waals surface area contributed by atoms with E-state index in [0.717, 1.165) is 12.1 Å². The Morgan fingerprint density at radius 1 is 1.09 bits per heavy atom. The molecule has 1 aromatic rings. The summed E-state index contributed by atoms with van der Waals surface area (Å²) in [7, 11) is 1.89.